The van der Waals surface area contributed by atoms with Crippen molar-refractivity contribution in [2.75, 3.05) is 11.5 Å². The third-order valence-corrected chi connectivity index (χ3v) is 4.86. The zero-order chi connectivity index (χ0) is 19.8. The first-order valence-corrected chi connectivity index (χ1v) is 8.91. The van der Waals surface area contributed by atoms with Crippen molar-refractivity contribution in [2.24, 2.45) is 0 Å². The monoisotopic (exact) mass is 394 g/mol. The quantitative estimate of drug-likeness (QED) is 0.455. The second-order valence-corrected chi connectivity index (χ2v) is 6.96. The summed E-state index contributed by atoms with van der Waals surface area (Å²) in [5.74, 6) is -0.366. The van der Waals surface area contributed by atoms with Crippen LogP contribution < -0.4 is 17.0 Å². The highest BCUT2D eigenvalue weighted by Gasteiger charge is 2.12. The average Bonchev–Trinajstić information content (AvgIpc) is 2.67. The van der Waals surface area contributed by atoms with Crippen molar-refractivity contribution in [3.8, 4) is 11.1 Å². The Hall–Kier alpha value is -3.38. The maximum Gasteiger partial charge on any atom is 0.272 e. The number of halogens is 2. The predicted octanol–water partition coefficient (Wildman–Crippen LogP) is 4.14. The molecule has 0 saturated heterocycles. The van der Waals surface area contributed by atoms with E-state index in [-0.39, 0.29) is 11.4 Å². The molecule has 7 heteroatoms. The van der Waals surface area contributed by atoms with E-state index in [0.29, 0.717) is 50.4 Å². The smallest absolute Gasteiger partial charge is 0.272 e. The molecule has 0 bridgehead atoms. The number of aromatic nitrogens is 2. The molecule has 5 nitrogen and oxygen atoms in total. The molecule has 0 aliphatic carbocycles. The standard InChI is InChI=1S/C21H16ClFN4O/c22-13-3-4-14-16(10-13)20(26-27-21(14)28)8-11-1-5-17(23)15(7-11)12-2-6-18(24)19(25)9-12/h1-7,9-10H,8,24-25H2,(H,27,28). The normalized spacial score (nSPS) is 11.1. The molecule has 4 aromatic rings. The van der Waals surface area contributed by atoms with Gasteiger partial charge in [0.15, 0.2) is 0 Å². The predicted molar refractivity (Wildman–Crippen MR) is 111 cm³/mol. The Kier molecular flexibility index (Phi) is 4.49. The fourth-order valence-corrected chi connectivity index (χ4v) is 3.34. The van der Waals surface area contributed by atoms with Crippen LogP contribution in [0, 0.1) is 5.82 Å². The van der Waals surface area contributed by atoms with E-state index in [9.17, 15) is 9.18 Å². The molecule has 0 aliphatic rings. The van der Waals surface area contributed by atoms with Gasteiger partial charge >= 0.3 is 0 Å². The number of nitrogen functional groups attached to an aromatic ring is 2. The van der Waals surface area contributed by atoms with Crippen molar-refractivity contribution in [1.29, 1.82) is 0 Å². The van der Waals surface area contributed by atoms with E-state index in [4.69, 9.17) is 23.1 Å². The van der Waals surface area contributed by atoms with Crippen LogP contribution in [0.5, 0.6) is 0 Å². The molecule has 0 aliphatic heterocycles. The van der Waals surface area contributed by atoms with Crippen molar-refractivity contribution in [3.63, 3.8) is 0 Å². The van der Waals surface area contributed by atoms with E-state index in [2.05, 4.69) is 10.2 Å². The van der Waals surface area contributed by atoms with E-state index in [1.807, 2.05) is 0 Å². The molecule has 140 valence electrons. The molecule has 1 aromatic heterocycles. The summed E-state index contributed by atoms with van der Waals surface area (Å²) in [6.45, 7) is 0. The van der Waals surface area contributed by atoms with Crippen LogP contribution in [-0.4, -0.2) is 10.2 Å². The summed E-state index contributed by atoms with van der Waals surface area (Å²) in [6, 6.07) is 14.9. The molecule has 5 N–H and O–H groups in total. The minimum atomic E-state index is -0.366. The number of hydrogen-bond acceptors (Lipinski definition) is 4. The van der Waals surface area contributed by atoms with Gasteiger partial charge < -0.3 is 11.5 Å². The minimum absolute atomic E-state index is 0.285. The van der Waals surface area contributed by atoms with E-state index >= 15 is 0 Å². The Balaban J connectivity index is 1.79. The Morgan fingerprint density at radius 2 is 1.79 bits per heavy atom. The van der Waals surface area contributed by atoms with Crippen molar-refractivity contribution in [3.05, 3.63) is 87.0 Å². The number of nitrogens with zero attached hydrogens (tertiary/aromatic N) is 1. The Labute approximate surface area is 164 Å². The number of fused-ring (bicyclic) bond motifs is 1. The van der Waals surface area contributed by atoms with Gasteiger partial charge in [0.1, 0.15) is 5.82 Å². The van der Waals surface area contributed by atoms with Crippen LogP contribution in [0.3, 0.4) is 0 Å². The molecular weight excluding hydrogens is 379 g/mol. The Morgan fingerprint density at radius 1 is 0.964 bits per heavy atom. The summed E-state index contributed by atoms with van der Waals surface area (Å²) in [4.78, 5) is 12.0. The van der Waals surface area contributed by atoms with Crippen molar-refractivity contribution < 1.29 is 4.39 Å². The summed E-state index contributed by atoms with van der Waals surface area (Å²) in [7, 11) is 0. The molecule has 0 fully saturated rings. The third kappa shape index (κ3) is 3.30. The van der Waals surface area contributed by atoms with Gasteiger partial charge in [0, 0.05) is 22.4 Å². The number of anilines is 2. The van der Waals surface area contributed by atoms with Gasteiger partial charge in [-0.1, -0.05) is 23.7 Å². The van der Waals surface area contributed by atoms with Gasteiger partial charge in [0.05, 0.1) is 22.5 Å². The minimum Gasteiger partial charge on any atom is -0.397 e. The Morgan fingerprint density at radius 3 is 2.57 bits per heavy atom. The first-order chi connectivity index (χ1) is 13.4. The molecule has 0 atom stereocenters. The molecule has 0 radical (unpaired) electrons. The molecule has 0 spiro atoms. The van der Waals surface area contributed by atoms with E-state index in [0.717, 1.165) is 5.56 Å². The largest absolute Gasteiger partial charge is 0.397 e. The lowest BCUT2D eigenvalue weighted by Crippen LogP contribution is -2.11. The maximum atomic E-state index is 14.4. The van der Waals surface area contributed by atoms with Crippen LogP contribution in [0.25, 0.3) is 21.9 Å². The second-order valence-electron chi connectivity index (χ2n) is 6.52. The van der Waals surface area contributed by atoms with Crippen LogP contribution in [0.4, 0.5) is 15.8 Å². The number of benzene rings is 3. The lowest BCUT2D eigenvalue weighted by Gasteiger charge is -2.10. The highest BCUT2D eigenvalue weighted by Crippen LogP contribution is 2.29. The van der Waals surface area contributed by atoms with Gasteiger partial charge in [0.2, 0.25) is 0 Å². The van der Waals surface area contributed by atoms with Crippen molar-refractivity contribution in [2.45, 2.75) is 6.42 Å². The topological polar surface area (TPSA) is 97.8 Å². The van der Waals surface area contributed by atoms with Gasteiger partial charge in [-0.15, -0.1) is 0 Å². The van der Waals surface area contributed by atoms with Crippen LogP contribution in [0.2, 0.25) is 5.02 Å². The second kappa shape index (κ2) is 6.98. The third-order valence-electron chi connectivity index (χ3n) is 4.63. The van der Waals surface area contributed by atoms with Crippen LogP contribution in [0.1, 0.15) is 11.3 Å². The fourth-order valence-electron chi connectivity index (χ4n) is 3.17. The number of hydrogen-bond donors (Lipinski definition) is 3. The molecule has 3 aromatic carbocycles. The Bertz CT molecular complexity index is 1270. The van der Waals surface area contributed by atoms with Crippen LogP contribution >= 0.6 is 11.6 Å². The van der Waals surface area contributed by atoms with Crippen LogP contribution in [-0.2, 0) is 6.42 Å². The van der Waals surface area contributed by atoms with Gasteiger partial charge in [-0.2, -0.15) is 5.10 Å². The molecule has 0 saturated carbocycles. The zero-order valence-electron chi connectivity index (χ0n) is 14.7. The SMILES string of the molecule is Nc1ccc(-c2cc(Cc3n[nH]c(=O)c4ccc(Cl)cc34)ccc2F)cc1N. The van der Waals surface area contributed by atoms with Crippen molar-refractivity contribution >= 4 is 33.7 Å². The van der Waals surface area contributed by atoms with E-state index in [1.165, 1.54) is 6.07 Å². The summed E-state index contributed by atoms with van der Waals surface area (Å²) >= 11 is 6.09. The molecule has 1 heterocycles. The molecular formula is C21H16ClFN4O. The number of nitrogens with two attached hydrogens (primary N) is 2. The lowest BCUT2D eigenvalue weighted by molar-refractivity contribution is 0.630. The first-order valence-electron chi connectivity index (χ1n) is 8.53. The molecule has 0 unspecified atom stereocenters. The molecule has 4 rings (SSSR count). The van der Waals surface area contributed by atoms with Gasteiger partial charge in [-0.05, 0) is 53.6 Å². The number of nitrogens with one attached hydrogen (secondary N) is 1. The summed E-state index contributed by atoms with van der Waals surface area (Å²) in [5.41, 5.74) is 14.7. The summed E-state index contributed by atoms with van der Waals surface area (Å²) < 4.78 is 14.4. The zero-order valence-corrected chi connectivity index (χ0v) is 15.4. The number of H-pyrrole nitrogens is 1. The van der Waals surface area contributed by atoms with Gasteiger partial charge in [-0.3, -0.25) is 4.79 Å². The lowest BCUT2D eigenvalue weighted by atomic mass is 9.98. The number of rotatable bonds is 3. The average molecular weight is 395 g/mol. The highest BCUT2D eigenvalue weighted by atomic mass is 35.5. The van der Waals surface area contributed by atoms with E-state index in [1.54, 1.807) is 48.5 Å². The fraction of sp³-hybridized carbons (Fsp3) is 0.0476. The molecule has 28 heavy (non-hydrogen) atoms. The van der Waals surface area contributed by atoms with E-state index < -0.39 is 0 Å². The first kappa shape index (κ1) is 18.0. The van der Waals surface area contributed by atoms with Gasteiger partial charge in [-0.25, -0.2) is 9.49 Å². The summed E-state index contributed by atoms with van der Waals surface area (Å²) in [6.07, 6.45) is 0.394. The number of aromatic amines is 1. The van der Waals surface area contributed by atoms with Crippen LogP contribution in [0.15, 0.2) is 59.4 Å². The van der Waals surface area contributed by atoms with Gasteiger partial charge in [0.25, 0.3) is 5.56 Å². The van der Waals surface area contributed by atoms with Crippen molar-refractivity contribution in [1.82, 2.24) is 10.2 Å². The highest BCUT2D eigenvalue weighted by molar-refractivity contribution is 6.31. The summed E-state index contributed by atoms with van der Waals surface area (Å²) in [5, 5.41) is 8.35. The molecule has 0 amide bonds. The maximum absolute atomic E-state index is 14.4.